The lowest BCUT2D eigenvalue weighted by Gasteiger charge is -2.10. The van der Waals surface area contributed by atoms with Gasteiger partial charge in [-0.15, -0.1) is 0 Å². The largest absolute Gasteiger partial charge is 0.494 e. The average molecular weight is 279 g/mol. The smallest absolute Gasteiger partial charge is 0.184 e. The molecule has 0 saturated carbocycles. The van der Waals surface area contributed by atoms with Crippen molar-refractivity contribution in [2.24, 2.45) is 0 Å². The summed E-state index contributed by atoms with van der Waals surface area (Å²) in [6, 6.07) is 16.5. The van der Waals surface area contributed by atoms with Gasteiger partial charge in [-0.25, -0.2) is 0 Å². The Morgan fingerprint density at radius 1 is 1.24 bits per heavy atom. The molecule has 0 aliphatic heterocycles. The van der Waals surface area contributed by atoms with Crippen LogP contribution in [-0.2, 0) is 0 Å². The maximum Gasteiger partial charge on any atom is 0.184 e. The van der Waals surface area contributed by atoms with Crippen LogP contribution >= 0.6 is 0 Å². The minimum atomic E-state index is -0.789. The Kier molecular flexibility index (Phi) is 4.73. The summed E-state index contributed by atoms with van der Waals surface area (Å²) in [5.74, 6) is -0.228. The predicted molar refractivity (Wildman–Crippen MR) is 81.5 cm³/mol. The number of hydrogen-bond acceptors (Lipinski definition) is 3. The van der Waals surface area contributed by atoms with Crippen molar-refractivity contribution in [1.29, 1.82) is 5.26 Å². The van der Waals surface area contributed by atoms with E-state index in [-0.39, 0.29) is 5.78 Å². The fourth-order valence-electron chi connectivity index (χ4n) is 2.17. The maximum atomic E-state index is 12.5. The summed E-state index contributed by atoms with van der Waals surface area (Å²) in [6.45, 7) is 4.42. The van der Waals surface area contributed by atoms with Gasteiger partial charge in [0, 0.05) is 5.56 Å². The Labute approximate surface area is 124 Å². The van der Waals surface area contributed by atoms with E-state index in [4.69, 9.17) is 4.74 Å². The molecule has 1 atom stereocenters. The topological polar surface area (TPSA) is 50.1 Å². The summed E-state index contributed by atoms with van der Waals surface area (Å²) >= 11 is 0. The predicted octanol–water partition coefficient (Wildman–Crippen LogP) is 3.88. The normalized spacial score (nSPS) is 11.5. The van der Waals surface area contributed by atoms with Crippen molar-refractivity contribution in [2.45, 2.75) is 19.8 Å². The van der Waals surface area contributed by atoms with Crippen LogP contribution in [0.15, 0.2) is 48.5 Å². The first-order valence-corrected chi connectivity index (χ1v) is 6.89. The Bertz CT molecular complexity index is 668. The second-order valence-electron chi connectivity index (χ2n) is 4.80. The molecule has 0 amide bonds. The SMILES string of the molecule is CCOc1ccc(C(C#N)C(=O)c2cccc(C)c2)cc1. The molecule has 106 valence electrons. The fourth-order valence-corrected chi connectivity index (χ4v) is 2.17. The van der Waals surface area contributed by atoms with Gasteiger partial charge < -0.3 is 4.74 Å². The molecule has 0 N–H and O–H groups in total. The van der Waals surface area contributed by atoms with Crippen LogP contribution in [0.3, 0.4) is 0 Å². The first-order chi connectivity index (χ1) is 10.2. The molecule has 0 aliphatic carbocycles. The standard InChI is InChI=1S/C18H17NO2/c1-3-21-16-9-7-14(8-10-16)17(12-19)18(20)15-6-4-5-13(2)11-15/h4-11,17H,3H2,1-2H3. The third-order valence-electron chi connectivity index (χ3n) is 3.22. The van der Waals surface area contributed by atoms with Crippen molar-refractivity contribution in [2.75, 3.05) is 6.61 Å². The van der Waals surface area contributed by atoms with Gasteiger partial charge in [-0.2, -0.15) is 5.26 Å². The summed E-state index contributed by atoms with van der Waals surface area (Å²) in [4.78, 5) is 12.5. The molecule has 2 aromatic carbocycles. The van der Waals surface area contributed by atoms with Gasteiger partial charge in [0.15, 0.2) is 5.78 Å². The van der Waals surface area contributed by atoms with Gasteiger partial charge in [0.2, 0.25) is 0 Å². The fraction of sp³-hybridized carbons (Fsp3) is 0.222. The first kappa shape index (κ1) is 14.8. The highest BCUT2D eigenvalue weighted by atomic mass is 16.5. The van der Waals surface area contributed by atoms with E-state index in [9.17, 15) is 10.1 Å². The number of carbonyl (C=O) groups is 1. The van der Waals surface area contributed by atoms with E-state index in [1.165, 1.54) is 0 Å². The highest BCUT2D eigenvalue weighted by molar-refractivity contribution is 6.02. The second kappa shape index (κ2) is 6.71. The molecular formula is C18H17NO2. The molecule has 2 aromatic rings. The number of hydrogen-bond donors (Lipinski definition) is 0. The van der Waals surface area contributed by atoms with Crippen molar-refractivity contribution in [3.8, 4) is 11.8 Å². The zero-order valence-corrected chi connectivity index (χ0v) is 12.2. The number of Topliss-reactive ketones (excluding diaryl/α,β-unsaturated/α-hetero) is 1. The minimum Gasteiger partial charge on any atom is -0.494 e. The van der Waals surface area contributed by atoms with Gasteiger partial charge in [-0.05, 0) is 37.6 Å². The van der Waals surface area contributed by atoms with Gasteiger partial charge in [0.1, 0.15) is 11.7 Å². The van der Waals surface area contributed by atoms with Crippen molar-refractivity contribution in [3.05, 3.63) is 65.2 Å². The summed E-state index contributed by atoms with van der Waals surface area (Å²) in [6.07, 6.45) is 0. The second-order valence-corrected chi connectivity index (χ2v) is 4.80. The highest BCUT2D eigenvalue weighted by Crippen LogP contribution is 2.23. The van der Waals surface area contributed by atoms with Crippen LogP contribution in [0, 0.1) is 18.3 Å². The van der Waals surface area contributed by atoms with Crippen LogP contribution in [0.4, 0.5) is 0 Å². The molecule has 3 nitrogen and oxygen atoms in total. The molecule has 0 aliphatic rings. The highest BCUT2D eigenvalue weighted by Gasteiger charge is 2.21. The lowest BCUT2D eigenvalue weighted by Crippen LogP contribution is -2.11. The molecule has 0 aromatic heterocycles. The van der Waals surface area contributed by atoms with Crippen LogP contribution in [0.25, 0.3) is 0 Å². The molecule has 0 fully saturated rings. The molecule has 0 saturated heterocycles. The zero-order valence-electron chi connectivity index (χ0n) is 12.2. The molecule has 0 bridgehead atoms. The number of nitrogens with zero attached hydrogens (tertiary/aromatic N) is 1. The number of nitriles is 1. The Balaban J connectivity index is 2.27. The van der Waals surface area contributed by atoms with Gasteiger partial charge in [0.05, 0.1) is 12.7 Å². The molecule has 3 heteroatoms. The lowest BCUT2D eigenvalue weighted by molar-refractivity contribution is 0.0978. The number of aryl methyl sites for hydroxylation is 1. The van der Waals surface area contributed by atoms with Crippen molar-refractivity contribution < 1.29 is 9.53 Å². The molecule has 1 unspecified atom stereocenters. The molecule has 21 heavy (non-hydrogen) atoms. The van der Waals surface area contributed by atoms with Crippen LogP contribution in [0.2, 0.25) is 0 Å². The monoisotopic (exact) mass is 279 g/mol. The number of ether oxygens (including phenoxy) is 1. The Morgan fingerprint density at radius 2 is 1.95 bits per heavy atom. The molecule has 2 rings (SSSR count). The zero-order chi connectivity index (χ0) is 15.2. The molecule has 0 spiro atoms. The van der Waals surface area contributed by atoms with Gasteiger partial charge >= 0.3 is 0 Å². The summed E-state index contributed by atoms with van der Waals surface area (Å²) in [7, 11) is 0. The summed E-state index contributed by atoms with van der Waals surface area (Å²) in [5.41, 5.74) is 2.26. The third kappa shape index (κ3) is 3.49. The lowest BCUT2D eigenvalue weighted by atomic mass is 9.91. The molecule has 0 heterocycles. The maximum absolute atomic E-state index is 12.5. The quantitative estimate of drug-likeness (QED) is 0.780. The van der Waals surface area contributed by atoms with E-state index >= 15 is 0 Å². The van der Waals surface area contributed by atoms with Gasteiger partial charge in [-0.1, -0.05) is 35.9 Å². The molecular weight excluding hydrogens is 262 g/mol. The van der Waals surface area contributed by atoms with Crippen LogP contribution < -0.4 is 4.74 Å². The summed E-state index contributed by atoms with van der Waals surface area (Å²) in [5, 5.41) is 9.35. The van der Waals surface area contributed by atoms with Crippen molar-refractivity contribution in [1.82, 2.24) is 0 Å². The van der Waals surface area contributed by atoms with E-state index in [1.807, 2.05) is 26.0 Å². The van der Waals surface area contributed by atoms with Crippen molar-refractivity contribution >= 4 is 5.78 Å². The first-order valence-electron chi connectivity index (χ1n) is 6.89. The average Bonchev–Trinajstić information content (AvgIpc) is 2.50. The number of rotatable bonds is 5. The minimum absolute atomic E-state index is 0.176. The molecule has 0 radical (unpaired) electrons. The van der Waals surface area contributed by atoms with Gasteiger partial charge in [-0.3, -0.25) is 4.79 Å². The third-order valence-corrected chi connectivity index (χ3v) is 3.22. The van der Waals surface area contributed by atoms with Crippen LogP contribution in [0.5, 0.6) is 5.75 Å². The number of ketones is 1. The van der Waals surface area contributed by atoms with E-state index in [0.29, 0.717) is 17.7 Å². The van der Waals surface area contributed by atoms with Crippen LogP contribution in [-0.4, -0.2) is 12.4 Å². The Morgan fingerprint density at radius 3 is 2.52 bits per heavy atom. The van der Waals surface area contributed by atoms with Crippen molar-refractivity contribution in [3.63, 3.8) is 0 Å². The Hall–Kier alpha value is -2.60. The van der Waals surface area contributed by atoms with Gasteiger partial charge in [0.25, 0.3) is 0 Å². The van der Waals surface area contributed by atoms with E-state index in [1.54, 1.807) is 36.4 Å². The van der Waals surface area contributed by atoms with Crippen LogP contribution in [0.1, 0.15) is 34.3 Å². The number of benzene rings is 2. The van der Waals surface area contributed by atoms with E-state index in [2.05, 4.69) is 6.07 Å². The van der Waals surface area contributed by atoms with E-state index in [0.717, 1.165) is 11.3 Å². The number of carbonyl (C=O) groups excluding carboxylic acids is 1. The summed E-state index contributed by atoms with van der Waals surface area (Å²) < 4.78 is 5.37. The van der Waals surface area contributed by atoms with E-state index < -0.39 is 5.92 Å².